The number of hydrogen-bond acceptors (Lipinski definition) is 3. The second-order valence-corrected chi connectivity index (χ2v) is 8.29. The molecule has 2 rings (SSSR count). The first-order valence-corrected chi connectivity index (χ1v) is 8.90. The molecule has 1 amide bonds. The zero-order valence-corrected chi connectivity index (χ0v) is 15.6. The molecule has 0 aromatic heterocycles. The highest BCUT2D eigenvalue weighted by Gasteiger charge is 2.46. The molecule has 4 heteroatoms. The Morgan fingerprint density at radius 3 is 2.25 bits per heavy atom. The summed E-state index contributed by atoms with van der Waals surface area (Å²) >= 11 is 0. The van der Waals surface area contributed by atoms with Gasteiger partial charge in [0.1, 0.15) is 11.4 Å². The summed E-state index contributed by atoms with van der Waals surface area (Å²) in [7, 11) is 0. The number of phenolic OH excluding ortho intramolecular Hbond substituents is 1. The Hall–Kier alpha value is -1.71. The van der Waals surface area contributed by atoms with E-state index in [-0.39, 0.29) is 11.5 Å². The average Bonchev–Trinajstić information content (AvgIpc) is 2.40. The SMILES string of the molecule is CC(C)C(CNC(=O)OC(C)(C)C)C1(c2ccc(O)cc2)CCC1. The number of aromatic hydroxyl groups is 1. The van der Waals surface area contributed by atoms with Gasteiger partial charge >= 0.3 is 6.09 Å². The summed E-state index contributed by atoms with van der Waals surface area (Å²) in [6, 6.07) is 7.57. The number of nitrogens with one attached hydrogen (secondary N) is 1. The van der Waals surface area contributed by atoms with Gasteiger partial charge in [-0.1, -0.05) is 32.4 Å². The smallest absolute Gasteiger partial charge is 0.407 e. The van der Waals surface area contributed by atoms with Gasteiger partial charge in [-0.25, -0.2) is 4.79 Å². The van der Waals surface area contributed by atoms with Crippen molar-refractivity contribution in [3.8, 4) is 5.75 Å². The first-order valence-electron chi connectivity index (χ1n) is 8.90. The second-order valence-electron chi connectivity index (χ2n) is 8.29. The van der Waals surface area contributed by atoms with Crippen molar-refractivity contribution in [2.24, 2.45) is 11.8 Å². The van der Waals surface area contributed by atoms with Gasteiger partial charge in [-0.2, -0.15) is 0 Å². The zero-order valence-electron chi connectivity index (χ0n) is 15.6. The van der Waals surface area contributed by atoms with Gasteiger partial charge < -0.3 is 15.2 Å². The van der Waals surface area contributed by atoms with E-state index >= 15 is 0 Å². The minimum atomic E-state index is -0.484. The highest BCUT2D eigenvalue weighted by atomic mass is 16.6. The van der Waals surface area contributed by atoms with Crippen LogP contribution in [0.2, 0.25) is 0 Å². The quantitative estimate of drug-likeness (QED) is 0.827. The van der Waals surface area contributed by atoms with E-state index in [1.165, 1.54) is 12.0 Å². The summed E-state index contributed by atoms with van der Waals surface area (Å²) in [6.45, 7) is 10.6. The molecule has 1 saturated carbocycles. The molecule has 1 aliphatic rings. The number of hydrogen-bond donors (Lipinski definition) is 2. The Labute approximate surface area is 145 Å². The van der Waals surface area contributed by atoms with E-state index in [1.807, 2.05) is 32.9 Å². The van der Waals surface area contributed by atoms with Crippen molar-refractivity contribution in [3.63, 3.8) is 0 Å². The van der Waals surface area contributed by atoms with Crippen LogP contribution in [0.15, 0.2) is 24.3 Å². The Bertz CT molecular complexity index is 553. The molecule has 24 heavy (non-hydrogen) atoms. The first-order chi connectivity index (χ1) is 11.1. The van der Waals surface area contributed by atoms with Crippen molar-refractivity contribution < 1.29 is 14.6 Å². The fourth-order valence-corrected chi connectivity index (χ4v) is 3.80. The molecule has 0 bridgehead atoms. The molecule has 1 unspecified atom stereocenters. The molecule has 1 aliphatic carbocycles. The maximum Gasteiger partial charge on any atom is 0.407 e. The van der Waals surface area contributed by atoms with Crippen LogP contribution in [0.4, 0.5) is 4.79 Å². The minimum Gasteiger partial charge on any atom is -0.508 e. The van der Waals surface area contributed by atoms with Crippen molar-refractivity contribution in [2.75, 3.05) is 6.54 Å². The zero-order chi connectivity index (χ0) is 18.0. The summed E-state index contributed by atoms with van der Waals surface area (Å²) in [6.07, 6.45) is 3.09. The van der Waals surface area contributed by atoms with Gasteiger partial charge in [-0.15, -0.1) is 0 Å². The number of rotatable bonds is 5. The molecule has 0 radical (unpaired) electrons. The molecule has 1 aromatic rings. The first kappa shape index (κ1) is 18.6. The fourth-order valence-electron chi connectivity index (χ4n) is 3.80. The lowest BCUT2D eigenvalue weighted by molar-refractivity contribution is 0.0465. The number of alkyl carbamates (subject to hydrolysis) is 1. The van der Waals surface area contributed by atoms with Crippen LogP contribution >= 0.6 is 0 Å². The Kier molecular flexibility index (Phi) is 5.46. The third-order valence-electron chi connectivity index (χ3n) is 5.07. The van der Waals surface area contributed by atoms with Crippen LogP contribution in [0.3, 0.4) is 0 Å². The number of benzene rings is 1. The highest BCUT2D eigenvalue weighted by Crippen LogP contribution is 2.51. The van der Waals surface area contributed by atoms with Gasteiger partial charge in [-0.05, 0) is 63.1 Å². The van der Waals surface area contributed by atoms with Crippen LogP contribution in [0, 0.1) is 11.8 Å². The molecule has 0 spiro atoms. The van der Waals surface area contributed by atoms with Gasteiger partial charge in [-0.3, -0.25) is 0 Å². The predicted molar refractivity (Wildman–Crippen MR) is 96.2 cm³/mol. The summed E-state index contributed by atoms with van der Waals surface area (Å²) in [5.74, 6) is 1.07. The van der Waals surface area contributed by atoms with E-state index in [2.05, 4.69) is 19.2 Å². The molecule has 1 atom stereocenters. The molecular weight excluding hydrogens is 302 g/mol. The molecule has 2 N–H and O–H groups in total. The van der Waals surface area contributed by atoms with Crippen LogP contribution in [-0.4, -0.2) is 23.3 Å². The van der Waals surface area contributed by atoms with Crippen molar-refractivity contribution in [1.82, 2.24) is 5.32 Å². The van der Waals surface area contributed by atoms with Crippen LogP contribution in [0.25, 0.3) is 0 Å². The number of phenols is 1. The molecule has 1 fully saturated rings. The number of carbonyl (C=O) groups is 1. The van der Waals surface area contributed by atoms with E-state index in [1.54, 1.807) is 12.1 Å². The second kappa shape index (κ2) is 7.04. The van der Waals surface area contributed by atoms with E-state index in [0.717, 1.165) is 12.8 Å². The van der Waals surface area contributed by atoms with Gasteiger partial charge in [0.25, 0.3) is 0 Å². The van der Waals surface area contributed by atoms with E-state index < -0.39 is 5.60 Å². The average molecular weight is 333 g/mol. The van der Waals surface area contributed by atoms with Crippen molar-refractivity contribution >= 4 is 6.09 Å². The third kappa shape index (κ3) is 4.22. The van der Waals surface area contributed by atoms with Crippen molar-refractivity contribution in [1.29, 1.82) is 0 Å². The van der Waals surface area contributed by atoms with Gasteiger partial charge in [0.2, 0.25) is 0 Å². The van der Waals surface area contributed by atoms with Crippen LogP contribution in [-0.2, 0) is 10.2 Å². The maximum atomic E-state index is 12.0. The van der Waals surface area contributed by atoms with Crippen LogP contribution in [0.5, 0.6) is 5.75 Å². The lowest BCUT2D eigenvalue weighted by Gasteiger charge is -2.50. The number of carbonyl (C=O) groups excluding carboxylic acids is 1. The topological polar surface area (TPSA) is 58.6 Å². The molecule has 4 nitrogen and oxygen atoms in total. The van der Waals surface area contributed by atoms with Gasteiger partial charge in [0, 0.05) is 12.0 Å². The maximum absolute atomic E-state index is 12.0. The van der Waals surface area contributed by atoms with E-state index in [9.17, 15) is 9.90 Å². The predicted octanol–water partition coefficient (Wildman–Crippen LogP) is 4.61. The monoisotopic (exact) mass is 333 g/mol. The molecule has 0 heterocycles. The summed E-state index contributed by atoms with van der Waals surface area (Å²) in [4.78, 5) is 12.0. The van der Waals surface area contributed by atoms with E-state index in [0.29, 0.717) is 24.1 Å². The highest BCUT2D eigenvalue weighted by molar-refractivity contribution is 5.67. The van der Waals surface area contributed by atoms with Crippen molar-refractivity contribution in [3.05, 3.63) is 29.8 Å². The molecule has 0 aliphatic heterocycles. The molecule has 1 aromatic carbocycles. The number of amides is 1. The Balaban J connectivity index is 2.13. The van der Waals surface area contributed by atoms with Crippen LogP contribution in [0.1, 0.15) is 59.4 Å². The van der Waals surface area contributed by atoms with Crippen LogP contribution < -0.4 is 5.32 Å². The van der Waals surface area contributed by atoms with Gasteiger partial charge in [0.05, 0.1) is 0 Å². The lowest BCUT2D eigenvalue weighted by Crippen LogP contribution is -2.49. The standard InChI is InChI=1S/C20H31NO3/c1-14(2)17(13-21-18(23)24-19(3,4)5)20(11-6-12-20)15-7-9-16(22)10-8-15/h7-10,14,17,22H,6,11-13H2,1-5H3,(H,21,23). The van der Waals surface area contributed by atoms with Crippen molar-refractivity contribution in [2.45, 2.75) is 64.9 Å². The fraction of sp³-hybridized carbons (Fsp3) is 0.650. The molecular formula is C20H31NO3. The Morgan fingerprint density at radius 2 is 1.83 bits per heavy atom. The number of ether oxygens (including phenoxy) is 1. The summed E-state index contributed by atoms with van der Waals surface area (Å²) in [5.41, 5.74) is 0.857. The molecule has 0 saturated heterocycles. The third-order valence-corrected chi connectivity index (χ3v) is 5.07. The molecule has 134 valence electrons. The lowest BCUT2D eigenvalue weighted by atomic mass is 9.55. The Morgan fingerprint density at radius 1 is 1.25 bits per heavy atom. The summed E-state index contributed by atoms with van der Waals surface area (Å²) < 4.78 is 5.37. The summed E-state index contributed by atoms with van der Waals surface area (Å²) in [5, 5.41) is 12.5. The largest absolute Gasteiger partial charge is 0.508 e. The van der Waals surface area contributed by atoms with Gasteiger partial charge in [0.15, 0.2) is 0 Å². The minimum absolute atomic E-state index is 0.0802. The van der Waals surface area contributed by atoms with E-state index in [4.69, 9.17) is 4.74 Å². The normalized spacial score (nSPS) is 17.9.